The van der Waals surface area contributed by atoms with E-state index in [1.807, 2.05) is 6.92 Å². The van der Waals surface area contributed by atoms with E-state index in [1.54, 1.807) is 0 Å². The van der Waals surface area contributed by atoms with Gasteiger partial charge in [-0.2, -0.15) is 0 Å². The first-order valence-electron chi connectivity index (χ1n) is 6.95. The first-order valence-corrected chi connectivity index (χ1v) is 9.01. The van der Waals surface area contributed by atoms with Crippen LogP contribution in [-0.2, 0) is 9.84 Å². The largest absolute Gasteiger partial charge is 0.311 e. The molecular weight excluding hydrogens is 262 g/mol. The van der Waals surface area contributed by atoms with Crippen molar-refractivity contribution in [1.29, 1.82) is 0 Å². The minimum absolute atomic E-state index is 0.00161. The van der Waals surface area contributed by atoms with Gasteiger partial charge in [0.2, 0.25) is 0 Å². The van der Waals surface area contributed by atoms with Gasteiger partial charge in [0.25, 0.3) is 0 Å². The van der Waals surface area contributed by atoms with Gasteiger partial charge in [-0.1, -0.05) is 0 Å². The third-order valence-corrected chi connectivity index (χ3v) is 4.90. The first kappa shape index (κ1) is 16.9. The van der Waals surface area contributed by atoms with Crippen LogP contribution < -0.4 is 5.32 Å². The van der Waals surface area contributed by atoms with Crippen LogP contribution in [0.2, 0.25) is 0 Å². The van der Waals surface area contributed by atoms with Crippen molar-refractivity contribution >= 4 is 9.84 Å². The van der Waals surface area contributed by atoms with Gasteiger partial charge in [0.05, 0.1) is 5.75 Å². The number of hydrogen-bond acceptors (Lipinski definition) is 5. The van der Waals surface area contributed by atoms with Crippen LogP contribution in [0.1, 0.15) is 20.8 Å². The Hall–Kier alpha value is -0.170. The molecule has 1 atom stereocenters. The van der Waals surface area contributed by atoms with E-state index < -0.39 is 9.84 Å². The average Bonchev–Trinajstić information content (AvgIpc) is 2.25. The molecule has 0 saturated carbocycles. The normalized spacial score (nSPS) is 21.5. The highest BCUT2D eigenvalue weighted by atomic mass is 32.2. The third kappa shape index (κ3) is 6.21. The molecule has 1 unspecified atom stereocenters. The Balaban J connectivity index is 2.42. The summed E-state index contributed by atoms with van der Waals surface area (Å²) in [4.78, 5) is 4.82. The molecule has 0 radical (unpaired) electrons. The molecule has 1 rings (SSSR count). The first-order chi connectivity index (χ1) is 8.60. The fraction of sp³-hybridized carbons (Fsp3) is 1.00. The molecule has 19 heavy (non-hydrogen) atoms. The number of likely N-dealkylation sites (N-methyl/N-ethyl adjacent to an activating group) is 1. The molecule has 0 bridgehead atoms. The molecule has 1 heterocycles. The molecule has 0 amide bonds. The second-order valence-corrected chi connectivity index (χ2v) is 8.66. The zero-order valence-electron chi connectivity index (χ0n) is 12.9. The lowest BCUT2D eigenvalue weighted by Crippen LogP contribution is -2.58. The second kappa shape index (κ2) is 6.52. The predicted octanol–water partition coefficient (Wildman–Crippen LogP) is 0.0351. The Morgan fingerprint density at radius 3 is 2.21 bits per heavy atom. The molecule has 6 heteroatoms. The second-order valence-electron chi connectivity index (χ2n) is 6.48. The van der Waals surface area contributed by atoms with Crippen LogP contribution in [0.25, 0.3) is 0 Å². The summed E-state index contributed by atoms with van der Waals surface area (Å²) in [5.41, 5.74) is 0.0625. The van der Waals surface area contributed by atoms with Crippen molar-refractivity contribution in [2.75, 3.05) is 51.8 Å². The molecule has 1 aliphatic rings. The Bertz CT molecular complexity index is 373. The van der Waals surface area contributed by atoms with Gasteiger partial charge >= 0.3 is 0 Å². The van der Waals surface area contributed by atoms with E-state index in [-0.39, 0.29) is 17.3 Å². The Morgan fingerprint density at radius 1 is 1.21 bits per heavy atom. The smallest absolute Gasteiger partial charge is 0.148 e. The van der Waals surface area contributed by atoms with E-state index >= 15 is 0 Å². The van der Waals surface area contributed by atoms with Gasteiger partial charge in [-0.05, 0) is 27.8 Å². The van der Waals surface area contributed by atoms with E-state index in [0.717, 1.165) is 32.7 Å². The number of nitrogens with zero attached hydrogens (tertiary/aromatic N) is 2. The van der Waals surface area contributed by atoms with Crippen LogP contribution in [0.3, 0.4) is 0 Å². The van der Waals surface area contributed by atoms with Crippen molar-refractivity contribution in [3.8, 4) is 0 Å². The maximum atomic E-state index is 11.2. The predicted molar refractivity (Wildman–Crippen MR) is 80.3 cm³/mol. The number of sulfone groups is 1. The van der Waals surface area contributed by atoms with Gasteiger partial charge in [0.15, 0.2) is 0 Å². The molecule has 0 aromatic carbocycles. The number of nitrogens with one attached hydrogen (secondary N) is 1. The maximum Gasteiger partial charge on any atom is 0.148 e. The van der Waals surface area contributed by atoms with Crippen molar-refractivity contribution in [1.82, 2.24) is 15.1 Å². The zero-order valence-corrected chi connectivity index (χ0v) is 13.8. The lowest BCUT2D eigenvalue weighted by Gasteiger charge is -2.43. The van der Waals surface area contributed by atoms with E-state index in [1.165, 1.54) is 6.26 Å². The lowest BCUT2D eigenvalue weighted by molar-refractivity contribution is 0.0609. The quantitative estimate of drug-likeness (QED) is 0.748. The van der Waals surface area contributed by atoms with Gasteiger partial charge in [0.1, 0.15) is 9.84 Å². The highest BCUT2D eigenvalue weighted by Crippen LogP contribution is 2.15. The van der Waals surface area contributed by atoms with E-state index in [2.05, 4.69) is 36.0 Å². The molecule has 1 N–H and O–H groups in total. The molecule has 5 nitrogen and oxygen atoms in total. The lowest BCUT2D eigenvalue weighted by atomic mass is 10.0. The molecular formula is C13H29N3O2S. The average molecular weight is 291 g/mol. The summed E-state index contributed by atoms with van der Waals surface area (Å²) in [5.74, 6) is 0.200. The van der Waals surface area contributed by atoms with Crippen molar-refractivity contribution in [3.63, 3.8) is 0 Å². The molecule has 1 aliphatic heterocycles. The van der Waals surface area contributed by atoms with Crippen molar-refractivity contribution in [2.45, 2.75) is 32.4 Å². The topological polar surface area (TPSA) is 52.7 Å². The van der Waals surface area contributed by atoms with Crippen LogP contribution in [0.15, 0.2) is 0 Å². The Labute approximate surface area is 118 Å². The van der Waals surface area contributed by atoms with Crippen LogP contribution >= 0.6 is 0 Å². The molecule has 114 valence electrons. The maximum absolute atomic E-state index is 11.2. The minimum atomic E-state index is -2.91. The standard InChI is InChI=1S/C13H29N3O2S/c1-12(10-19(5,17)18)14-11-13(2,3)16-8-6-15(4)7-9-16/h12,14H,6-11H2,1-5H3. The number of rotatable bonds is 6. The van der Waals surface area contributed by atoms with Gasteiger partial charge in [0, 0.05) is 50.6 Å². The highest BCUT2D eigenvalue weighted by Gasteiger charge is 2.29. The van der Waals surface area contributed by atoms with Crippen LogP contribution in [0.4, 0.5) is 0 Å². The third-order valence-electron chi connectivity index (χ3n) is 3.80. The fourth-order valence-corrected chi connectivity index (χ4v) is 3.49. The number of hydrogen-bond donors (Lipinski definition) is 1. The summed E-state index contributed by atoms with van der Waals surface area (Å²) in [6, 6.07) is 0.00161. The number of piperazine rings is 1. The molecule has 1 fully saturated rings. The van der Waals surface area contributed by atoms with Crippen LogP contribution in [0.5, 0.6) is 0 Å². The van der Waals surface area contributed by atoms with E-state index in [0.29, 0.717) is 0 Å². The molecule has 0 aliphatic carbocycles. The van der Waals surface area contributed by atoms with Gasteiger partial charge in [-0.15, -0.1) is 0 Å². The van der Waals surface area contributed by atoms with E-state index in [4.69, 9.17) is 0 Å². The summed E-state index contributed by atoms with van der Waals surface area (Å²) < 4.78 is 22.5. The SMILES string of the molecule is CC(CS(C)(=O)=O)NCC(C)(C)N1CCN(C)CC1. The summed E-state index contributed by atoms with van der Waals surface area (Å²) >= 11 is 0. The molecule has 0 aromatic heterocycles. The Morgan fingerprint density at radius 2 is 1.74 bits per heavy atom. The van der Waals surface area contributed by atoms with Crippen LogP contribution in [-0.4, -0.2) is 81.6 Å². The monoisotopic (exact) mass is 291 g/mol. The summed E-state index contributed by atoms with van der Waals surface area (Å²) in [6.07, 6.45) is 1.29. The van der Waals surface area contributed by atoms with Gasteiger partial charge < -0.3 is 10.2 Å². The molecule has 0 aromatic rings. The molecule has 1 saturated heterocycles. The van der Waals surface area contributed by atoms with Crippen molar-refractivity contribution in [3.05, 3.63) is 0 Å². The van der Waals surface area contributed by atoms with Crippen molar-refractivity contribution in [2.24, 2.45) is 0 Å². The summed E-state index contributed by atoms with van der Waals surface area (Å²) in [7, 11) is -0.756. The Kier molecular flexibility index (Phi) is 5.79. The highest BCUT2D eigenvalue weighted by molar-refractivity contribution is 7.90. The minimum Gasteiger partial charge on any atom is -0.311 e. The fourth-order valence-electron chi connectivity index (χ4n) is 2.46. The van der Waals surface area contributed by atoms with Crippen LogP contribution in [0, 0.1) is 0 Å². The van der Waals surface area contributed by atoms with E-state index in [9.17, 15) is 8.42 Å². The van der Waals surface area contributed by atoms with Crippen molar-refractivity contribution < 1.29 is 8.42 Å². The van der Waals surface area contributed by atoms with Gasteiger partial charge in [-0.3, -0.25) is 4.90 Å². The molecule has 0 spiro atoms. The summed E-state index contributed by atoms with van der Waals surface area (Å²) in [5, 5.41) is 3.35. The summed E-state index contributed by atoms with van der Waals surface area (Å²) in [6.45, 7) is 11.5. The zero-order chi connectivity index (χ0) is 14.7. The van der Waals surface area contributed by atoms with Gasteiger partial charge in [-0.25, -0.2) is 8.42 Å².